The van der Waals surface area contributed by atoms with Crippen molar-refractivity contribution in [3.05, 3.63) is 83.9 Å². The fourth-order valence-electron chi connectivity index (χ4n) is 2.57. The summed E-state index contributed by atoms with van der Waals surface area (Å²) >= 11 is 1.24. The van der Waals surface area contributed by atoms with Gasteiger partial charge in [-0.1, -0.05) is 35.0 Å². The maximum Gasteiger partial charge on any atom is 0.224 e. The fourth-order valence-corrected chi connectivity index (χ4v) is 3.31. The SMILES string of the molecule is Cc1ccc(SC(=O)c2ccc(-n3nnc4ccccc43)cc2)cc1. The van der Waals surface area contributed by atoms with Crippen LogP contribution in [-0.4, -0.2) is 20.1 Å². The topological polar surface area (TPSA) is 47.8 Å². The van der Waals surface area contributed by atoms with Gasteiger partial charge in [-0.05, 0) is 67.2 Å². The van der Waals surface area contributed by atoms with Gasteiger partial charge in [0.1, 0.15) is 5.52 Å². The summed E-state index contributed by atoms with van der Waals surface area (Å²) in [7, 11) is 0. The summed E-state index contributed by atoms with van der Waals surface area (Å²) in [5, 5.41) is 8.38. The van der Waals surface area contributed by atoms with E-state index in [1.165, 1.54) is 17.3 Å². The number of hydrogen-bond acceptors (Lipinski definition) is 4. The summed E-state index contributed by atoms with van der Waals surface area (Å²) in [6, 6.07) is 23.2. The summed E-state index contributed by atoms with van der Waals surface area (Å²) in [6.07, 6.45) is 0. The number of carbonyl (C=O) groups excluding carboxylic acids is 1. The molecule has 0 aliphatic rings. The number of aromatic nitrogens is 3. The van der Waals surface area contributed by atoms with E-state index in [2.05, 4.69) is 10.3 Å². The molecule has 0 saturated carbocycles. The molecule has 0 aliphatic carbocycles. The van der Waals surface area contributed by atoms with E-state index in [0.29, 0.717) is 5.56 Å². The smallest absolute Gasteiger partial charge is 0.224 e. The Balaban J connectivity index is 1.57. The summed E-state index contributed by atoms with van der Waals surface area (Å²) in [5.41, 5.74) is 4.51. The highest BCUT2D eigenvalue weighted by molar-refractivity contribution is 8.14. The molecular weight excluding hydrogens is 330 g/mol. The van der Waals surface area contributed by atoms with Crippen molar-refractivity contribution < 1.29 is 4.79 Å². The lowest BCUT2D eigenvalue weighted by Gasteiger charge is -2.05. The highest BCUT2D eigenvalue weighted by atomic mass is 32.2. The molecule has 4 aromatic rings. The number of rotatable bonds is 3. The van der Waals surface area contributed by atoms with Gasteiger partial charge >= 0.3 is 0 Å². The molecule has 0 bridgehead atoms. The molecule has 3 aromatic carbocycles. The van der Waals surface area contributed by atoms with Crippen molar-refractivity contribution in [3.63, 3.8) is 0 Å². The zero-order valence-electron chi connectivity index (χ0n) is 13.6. The minimum atomic E-state index is 0.0267. The number of para-hydroxylation sites is 1. The highest BCUT2D eigenvalue weighted by Gasteiger charge is 2.10. The van der Waals surface area contributed by atoms with Gasteiger partial charge in [-0.15, -0.1) is 5.10 Å². The predicted molar refractivity (Wildman–Crippen MR) is 100 cm³/mol. The van der Waals surface area contributed by atoms with Crippen LogP contribution in [0.5, 0.6) is 0 Å². The van der Waals surface area contributed by atoms with Crippen LogP contribution in [0.25, 0.3) is 16.7 Å². The first-order valence-electron chi connectivity index (χ1n) is 7.90. The Bertz CT molecular complexity index is 1040. The zero-order valence-corrected chi connectivity index (χ0v) is 14.4. The lowest BCUT2D eigenvalue weighted by Crippen LogP contribution is -1.98. The van der Waals surface area contributed by atoms with E-state index < -0.39 is 0 Å². The lowest BCUT2D eigenvalue weighted by molar-refractivity contribution is 0.108. The van der Waals surface area contributed by atoms with E-state index in [1.54, 1.807) is 4.68 Å². The van der Waals surface area contributed by atoms with Crippen molar-refractivity contribution >= 4 is 27.9 Å². The van der Waals surface area contributed by atoms with Gasteiger partial charge in [0.25, 0.3) is 0 Å². The van der Waals surface area contributed by atoms with Gasteiger partial charge in [-0.2, -0.15) is 0 Å². The second-order valence-electron chi connectivity index (χ2n) is 5.74. The van der Waals surface area contributed by atoms with Gasteiger partial charge in [0.05, 0.1) is 11.2 Å². The molecule has 25 heavy (non-hydrogen) atoms. The monoisotopic (exact) mass is 345 g/mol. The Kier molecular flexibility index (Phi) is 4.07. The molecule has 1 heterocycles. The summed E-state index contributed by atoms with van der Waals surface area (Å²) in [6.45, 7) is 2.03. The molecule has 0 amide bonds. The first kappa shape index (κ1) is 15.6. The largest absolute Gasteiger partial charge is 0.281 e. The van der Waals surface area contributed by atoms with Crippen molar-refractivity contribution in [3.8, 4) is 5.69 Å². The summed E-state index contributed by atoms with van der Waals surface area (Å²) in [5.74, 6) is 0. The molecule has 0 spiro atoms. The van der Waals surface area contributed by atoms with E-state index >= 15 is 0 Å². The lowest BCUT2D eigenvalue weighted by atomic mass is 10.2. The Morgan fingerprint density at radius 1 is 0.920 bits per heavy atom. The first-order chi connectivity index (χ1) is 12.2. The Morgan fingerprint density at radius 2 is 1.64 bits per heavy atom. The average Bonchev–Trinajstić information content (AvgIpc) is 3.08. The van der Waals surface area contributed by atoms with Crippen LogP contribution in [0, 0.1) is 6.92 Å². The Labute approximate surface area is 149 Å². The molecular formula is C20H15N3OS. The minimum absolute atomic E-state index is 0.0267. The molecule has 0 radical (unpaired) electrons. The molecule has 0 N–H and O–H groups in total. The van der Waals surface area contributed by atoms with Gasteiger partial charge in [-0.3, -0.25) is 4.79 Å². The van der Waals surface area contributed by atoms with Crippen molar-refractivity contribution in [2.24, 2.45) is 0 Å². The maximum atomic E-state index is 12.4. The second-order valence-corrected chi connectivity index (χ2v) is 6.79. The molecule has 0 aliphatic heterocycles. The third-order valence-electron chi connectivity index (χ3n) is 3.93. The third-order valence-corrected chi connectivity index (χ3v) is 4.86. The summed E-state index contributed by atoms with van der Waals surface area (Å²) < 4.78 is 1.77. The van der Waals surface area contributed by atoms with Gasteiger partial charge in [0, 0.05) is 10.5 Å². The Hall–Kier alpha value is -2.92. The number of carbonyl (C=O) groups is 1. The molecule has 5 heteroatoms. The molecule has 4 nitrogen and oxygen atoms in total. The predicted octanol–water partition coefficient (Wildman–Crippen LogP) is 4.66. The van der Waals surface area contributed by atoms with E-state index in [4.69, 9.17) is 0 Å². The minimum Gasteiger partial charge on any atom is -0.281 e. The fraction of sp³-hybridized carbons (Fsp3) is 0.0500. The average molecular weight is 345 g/mol. The molecule has 1 aromatic heterocycles. The van der Waals surface area contributed by atoms with Crippen LogP contribution in [0.1, 0.15) is 15.9 Å². The standard InChI is InChI=1S/C20H15N3OS/c1-14-6-12-17(13-7-14)25-20(24)15-8-10-16(11-9-15)23-19-5-3-2-4-18(19)21-22-23/h2-13H,1H3. The van der Waals surface area contributed by atoms with E-state index in [-0.39, 0.29) is 5.12 Å². The number of hydrogen-bond donors (Lipinski definition) is 0. The third kappa shape index (κ3) is 3.19. The van der Waals surface area contributed by atoms with Crippen LogP contribution in [0.4, 0.5) is 0 Å². The van der Waals surface area contributed by atoms with Crippen LogP contribution in [-0.2, 0) is 0 Å². The number of fused-ring (bicyclic) bond motifs is 1. The number of benzene rings is 3. The molecule has 0 saturated heterocycles. The summed E-state index contributed by atoms with van der Waals surface area (Å²) in [4.78, 5) is 13.4. The normalized spacial score (nSPS) is 10.9. The molecule has 0 fully saturated rings. The quantitative estimate of drug-likeness (QED) is 0.507. The van der Waals surface area contributed by atoms with Crippen LogP contribution in [0.3, 0.4) is 0 Å². The van der Waals surface area contributed by atoms with Gasteiger partial charge < -0.3 is 0 Å². The van der Waals surface area contributed by atoms with E-state index in [9.17, 15) is 4.79 Å². The van der Waals surface area contributed by atoms with Crippen molar-refractivity contribution in [1.82, 2.24) is 15.0 Å². The number of thioether (sulfide) groups is 1. The van der Waals surface area contributed by atoms with Gasteiger partial charge in [0.15, 0.2) is 0 Å². The van der Waals surface area contributed by atoms with Crippen molar-refractivity contribution in [2.75, 3.05) is 0 Å². The van der Waals surface area contributed by atoms with Crippen molar-refractivity contribution in [2.45, 2.75) is 11.8 Å². The van der Waals surface area contributed by atoms with E-state index in [1.807, 2.05) is 79.7 Å². The maximum absolute atomic E-state index is 12.4. The molecule has 0 atom stereocenters. The molecule has 122 valence electrons. The van der Waals surface area contributed by atoms with Crippen LogP contribution in [0.2, 0.25) is 0 Å². The van der Waals surface area contributed by atoms with Crippen LogP contribution in [0.15, 0.2) is 77.7 Å². The zero-order chi connectivity index (χ0) is 17.2. The van der Waals surface area contributed by atoms with Crippen LogP contribution < -0.4 is 0 Å². The van der Waals surface area contributed by atoms with Crippen LogP contribution >= 0.6 is 11.8 Å². The second kappa shape index (κ2) is 6.53. The number of nitrogens with zero attached hydrogens (tertiary/aromatic N) is 3. The Morgan fingerprint density at radius 3 is 2.40 bits per heavy atom. The van der Waals surface area contributed by atoms with Gasteiger partial charge in [0.2, 0.25) is 5.12 Å². The molecule has 4 rings (SSSR count). The highest BCUT2D eigenvalue weighted by Crippen LogP contribution is 2.24. The number of aryl methyl sites for hydroxylation is 1. The van der Waals surface area contributed by atoms with Gasteiger partial charge in [-0.25, -0.2) is 4.68 Å². The first-order valence-corrected chi connectivity index (χ1v) is 8.72. The molecule has 0 unspecified atom stereocenters. The van der Waals surface area contributed by atoms with Crippen molar-refractivity contribution in [1.29, 1.82) is 0 Å². The van der Waals surface area contributed by atoms with E-state index in [0.717, 1.165) is 21.6 Å².